The van der Waals surface area contributed by atoms with Crippen LogP contribution in [0.3, 0.4) is 0 Å². The van der Waals surface area contributed by atoms with Crippen molar-refractivity contribution >= 4 is 23.1 Å². The second-order valence-electron chi connectivity index (χ2n) is 3.52. The zero-order valence-electron chi connectivity index (χ0n) is 9.43. The SMILES string of the molecule is C=C(C)c1cccc(NC(=O)/C=C\C(=O)O)c1. The zero-order valence-corrected chi connectivity index (χ0v) is 9.43. The Morgan fingerprint density at radius 3 is 2.65 bits per heavy atom. The van der Waals surface area contributed by atoms with Crippen LogP contribution >= 0.6 is 0 Å². The Balaban J connectivity index is 2.75. The van der Waals surface area contributed by atoms with E-state index >= 15 is 0 Å². The van der Waals surface area contributed by atoms with E-state index in [1.807, 2.05) is 13.0 Å². The van der Waals surface area contributed by atoms with Gasteiger partial charge in [0, 0.05) is 17.8 Å². The molecule has 0 radical (unpaired) electrons. The summed E-state index contributed by atoms with van der Waals surface area (Å²) in [5.74, 6) is -1.64. The summed E-state index contributed by atoms with van der Waals surface area (Å²) in [6.45, 7) is 5.67. The van der Waals surface area contributed by atoms with Gasteiger partial charge in [0.2, 0.25) is 5.91 Å². The van der Waals surface area contributed by atoms with E-state index in [1.165, 1.54) is 0 Å². The number of rotatable bonds is 4. The average molecular weight is 231 g/mol. The topological polar surface area (TPSA) is 66.4 Å². The van der Waals surface area contributed by atoms with Crippen LogP contribution in [0.25, 0.3) is 5.57 Å². The average Bonchev–Trinajstić information content (AvgIpc) is 2.26. The van der Waals surface area contributed by atoms with Gasteiger partial charge in [-0.3, -0.25) is 4.79 Å². The van der Waals surface area contributed by atoms with Crippen molar-refractivity contribution in [1.82, 2.24) is 0 Å². The van der Waals surface area contributed by atoms with E-state index < -0.39 is 11.9 Å². The summed E-state index contributed by atoms with van der Waals surface area (Å²) in [5, 5.41) is 10.9. The number of carbonyl (C=O) groups is 2. The number of carboxylic acid groups (broad SMARTS) is 1. The van der Waals surface area contributed by atoms with E-state index in [4.69, 9.17) is 5.11 Å². The molecule has 1 amide bonds. The summed E-state index contributed by atoms with van der Waals surface area (Å²) >= 11 is 0. The first kappa shape index (κ1) is 12.7. The second-order valence-corrected chi connectivity index (χ2v) is 3.52. The van der Waals surface area contributed by atoms with Gasteiger partial charge in [-0.25, -0.2) is 4.79 Å². The molecule has 17 heavy (non-hydrogen) atoms. The quantitative estimate of drug-likeness (QED) is 0.781. The van der Waals surface area contributed by atoms with Crippen LogP contribution in [0.4, 0.5) is 5.69 Å². The molecule has 2 N–H and O–H groups in total. The second kappa shape index (κ2) is 5.65. The zero-order chi connectivity index (χ0) is 12.8. The molecule has 0 heterocycles. The molecule has 1 aromatic carbocycles. The number of allylic oxidation sites excluding steroid dienone is 1. The molecule has 0 aromatic heterocycles. The molecule has 0 aliphatic carbocycles. The molecule has 4 nitrogen and oxygen atoms in total. The maximum atomic E-state index is 11.3. The van der Waals surface area contributed by atoms with Crippen LogP contribution in [0.1, 0.15) is 12.5 Å². The molecule has 0 spiro atoms. The standard InChI is InChI=1S/C13H13NO3/c1-9(2)10-4-3-5-11(8-10)14-12(15)6-7-13(16)17/h3-8H,1H2,2H3,(H,14,15)(H,16,17)/b7-6-. The van der Waals surface area contributed by atoms with E-state index in [2.05, 4.69) is 11.9 Å². The number of hydrogen-bond donors (Lipinski definition) is 2. The number of hydrogen-bond acceptors (Lipinski definition) is 2. The molecule has 0 saturated carbocycles. The van der Waals surface area contributed by atoms with Gasteiger partial charge in [0.25, 0.3) is 0 Å². The van der Waals surface area contributed by atoms with Gasteiger partial charge in [-0.05, 0) is 24.6 Å². The molecular weight excluding hydrogens is 218 g/mol. The van der Waals surface area contributed by atoms with Crippen LogP contribution in [-0.2, 0) is 9.59 Å². The van der Waals surface area contributed by atoms with Crippen molar-refractivity contribution in [2.24, 2.45) is 0 Å². The smallest absolute Gasteiger partial charge is 0.328 e. The van der Waals surface area contributed by atoms with E-state index in [-0.39, 0.29) is 0 Å². The molecule has 0 fully saturated rings. The molecule has 0 aliphatic rings. The van der Waals surface area contributed by atoms with Crippen molar-refractivity contribution < 1.29 is 14.7 Å². The fourth-order valence-corrected chi connectivity index (χ4v) is 1.19. The number of benzene rings is 1. The highest BCUT2D eigenvalue weighted by atomic mass is 16.4. The highest BCUT2D eigenvalue weighted by Crippen LogP contribution is 2.16. The van der Waals surface area contributed by atoms with Gasteiger partial charge < -0.3 is 10.4 Å². The maximum Gasteiger partial charge on any atom is 0.328 e. The van der Waals surface area contributed by atoms with Gasteiger partial charge in [-0.1, -0.05) is 24.3 Å². The Morgan fingerprint density at radius 1 is 1.35 bits per heavy atom. The third kappa shape index (κ3) is 4.34. The third-order valence-electron chi connectivity index (χ3n) is 2.00. The predicted octanol–water partition coefficient (Wildman–Crippen LogP) is 2.30. The lowest BCUT2D eigenvalue weighted by molar-refractivity contribution is -0.131. The van der Waals surface area contributed by atoms with Gasteiger partial charge in [0.05, 0.1) is 0 Å². The van der Waals surface area contributed by atoms with Gasteiger partial charge in [0.15, 0.2) is 0 Å². The summed E-state index contributed by atoms with van der Waals surface area (Å²) in [4.78, 5) is 21.5. The van der Waals surface area contributed by atoms with Crippen molar-refractivity contribution in [1.29, 1.82) is 0 Å². The summed E-state index contributed by atoms with van der Waals surface area (Å²) in [5.41, 5.74) is 2.41. The lowest BCUT2D eigenvalue weighted by Crippen LogP contribution is -2.08. The lowest BCUT2D eigenvalue weighted by Gasteiger charge is -2.05. The minimum Gasteiger partial charge on any atom is -0.478 e. The molecule has 0 atom stereocenters. The Labute approximate surface area is 99.3 Å². The van der Waals surface area contributed by atoms with Crippen molar-refractivity contribution in [3.05, 3.63) is 48.6 Å². The van der Waals surface area contributed by atoms with Crippen LogP contribution in [-0.4, -0.2) is 17.0 Å². The van der Waals surface area contributed by atoms with Crippen molar-refractivity contribution in [3.8, 4) is 0 Å². The van der Waals surface area contributed by atoms with Crippen LogP contribution in [0.2, 0.25) is 0 Å². The first-order valence-corrected chi connectivity index (χ1v) is 4.97. The van der Waals surface area contributed by atoms with Crippen LogP contribution in [0, 0.1) is 0 Å². The van der Waals surface area contributed by atoms with Crippen molar-refractivity contribution in [2.45, 2.75) is 6.92 Å². The first-order valence-electron chi connectivity index (χ1n) is 4.97. The Kier molecular flexibility index (Phi) is 4.22. The number of nitrogens with one attached hydrogen (secondary N) is 1. The molecular formula is C13H13NO3. The Hall–Kier alpha value is -2.36. The molecule has 1 aromatic rings. The minimum absolute atomic E-state index is 0.480. The van der Waals surface area contributed by atoms with Crippen LogP contribution in [0.15, 0.2) is 43.0 Å². The molecule has 88 valence electrons. The maximum absolute atomic E-state index is 11.3. The normalized spacial score (nSPS) is 10.2. The number of anilines is 1. The summed E-state index contributed by atoms with van der Waals surface area (Å²) in [6.07, 6.45) is 1.76. The molecule has 0 aliphatic heterocycles. The molecule has 4 heteroatoms. The minimum atomic E-state index is -1.16. The summed E-state index contributed by atoms with van der Waals surface area (Å²) < 4.78 is 0. The molecule has 1 rings (SSSR count). The number of carbonyl (C=O) groups excluding carboxylic acids is 1. The van der Waals surface area contributed by atoms with Gasteiger partial charge in [-0.2, -0.15) is 0 Å². The van der Waals surface area contributed by atoms with E-state index in [9.17, 15) is 9.59 Å². The van der Waals surface area contributed by atoms with Gasteiger partial charge >= 0.3 is 5.97 Å². The van der Waals surface area contributed by atoms with E-state index in [0.717, 1.165) is 23.3 Å². The summed E-state index contributed by atoms with van der Waals surface area (Å²) in [6, 6.07) is 7.17. The largest absolute Gasteiger partial charge is 0.478 e. The van der Waals surface area contributed by atoms with E-state index in [1.54, 1.807) is 18.2 Å². The fraction of sp³-hybridized carbons (Fsp3) is 0.0769. The first-order chi connectivity index (χ1) is 7.99. The molecule has 0 saturated heterocycles. The van der Waals surface area contributed by atoms with Crippen molar-refractivity contribution in [2.75, 3.05) is 5.32 Å². The molecule has 0 bridgehead atoms. The fourth-order valence-electron chi connectivity index (χ4n) is 1.19. The van der Waals surface area contributed by atoms with Gasteiger partial charge in [0.1, 0.15) is 0 Å². The number of aliphatic carboxylic acids is 1. The number of carboxylic acids is 1. The van der Waals surface area contributed by atoms with Crippen LogP contribution < -0.4 is 5.32 Å². The Bertz CT molecular complexity index is 489. The Morgan fingerprint density at radius 2 is 2.06 bits per heavy atom. The number of amides is 1. The van der Waals surface area contributed by atoms with Crippen molar-refractivity contribution in [3.63, 3.8) is 0 Å². The molecule has 0 unspecified atom stereocenters. The monoisotopic (exact) mass is 231 g/mol. The summed E-state index contributed by atoms with van der Waals surface area (Å²) in [7, 11) is 0. The predicted molar refractivity (Wildman–Crippen MR) is 66.6 cm³/mol. The lowest BCUT2D eigenvalue weighted by atomic mass is 10.1. The highest BCUT2D eigenvalue weighted by Gasteiger charge is 2.00. The van der Waals surface area contributed by atoms with Gasteiger partial charge in [-0.15, -0.1) is 0 Å². The highest BCUT2D eigenvalue weighted by molar-refractivity contribution is 6.02. The van der Waals surface area contributed by atoms with Crippen LogP contribution in [0.5, 0.6) is 0 Å². The van der Waals surface area contributed by atoms with E-state index in [0.29, 0.717) is 5.69 Å². The third-order valence-corrected chi connectivity index (χ3v) is 2.00.